The third-order valence-electron chi connectivity index (χ3n) is 2.55. The minimum atomic E-state index is 0.826. The van der Waals surface area contributed by atoms with Crippen LogP contribution < -0.4 is 0 Å². The fraction of sp³-hybridized carbons (Fsp3) is 0.250. The molecule has 2 rings (SSSR count). The Morgan fingerprint density at radius 2 is 1.86 bits per heavy atom. The van der Waals surface area contributed by atoms with Gasteiger partial charge in [-0.15, -0.1) is 0 Å². The normalized spacial score (nSPS) is 10.9. The van der Waals surface area contributed by atoms with Gasteiger partial charge in [0.2, 0.25) is 0 Å². The number of halogens is 1. The van der Waals surface area contributed by atoms with E-state index in [9.17, 15) is 0 Å². The highest BCUT2D eigenvalue weighted by Crippen LogP contribution is 2.27. The first kappa shape index (κ1) is 9.47. The second-order valence-electron chi connectivity index (χ2n) is 3.66. The summed E-state index contributed by atoms with van der Waals surface area (Å²) in [5, 5.41) is 1.87. The van der Waals surface area contributed by atoms with Crippen LogP contribution in [0.4, 0.5) is 0 Å². The third-order valence-corrected chi connectivity index (χ3v) is 3.04. The van der Waals surface area contributed by atoms with E-state index in [1.165, 1.54) is 5.56 Å². The van der Waals surface area contributed by atoms with Crippen molar-refractivity contribution in [3.63, 3.8) is 0 Å². The number of aryl methyl sites for hydroxylation is 2. The first-order valence-corrected chi connectivity index (χ1v) is 5.00. The molecular formula is C12H12ClN. The zero-order valence-corrected chi connectivity index (χ0v) is 9.31. The Balaban J connectivity index is 2.91. The Bertz CT molecular complexity index is 503. The van der Waals surface area contributed by atoms with Crippen LogP contribution in [0.5, 0.6) is 0 Å². The molecule has 2 aromatic rings. The summed E-state index contributed by atoms with van der Waals surface area (Å²) in [6.45, 7) is 6.05. The lowest BCUT2D eigenvalue weighted by Crippen LogP contribution is -1.90. The molecule has 1 aromatic carbocycles. The molecule has 2 heteroatoms. The molecule has 0 bridgehead atoms. The lowest BCUT2D eigenvalue weighted by molar-refractivity contribution is 1.19. The summed E-state index contributed by atoms with van der Waals surface area (Å²) in [5.74, 6) is 0. The molecule has 0 spiro atoms. The first-order valence-electron chi connectivity index (χ1n) is 4.62. The van der Waals surface area contributed by atoms with Crippen molar-refractivity contribution < 1.29 is 0 Å². The number of pyridine rings is 1. The maximum atomic E-state index is 6.24. The summed E-state index contributed by atoms with van der Waals surface area (Å²) >= 11 is 6.24. The summed E-state index contributed by atoms with van der Waals surface area (Å²) in [5.41, 5.74) is 4.28. The average molecular weight is 206 g/mol. The highest BCUT2D eigenvalue weighted by Gasteiger charge is 2.06. The van der Waals surface area contributed by atoms with Crippen LogP contribution >= 0.6 is 11.6 Å². The number of hydrogen-bond acceptors (Lipinski definition) is 1. The second-order valence-corrected chi connectivity index (χ2v) is 4.03. The maximum absolute atomic E-state index is 6.24. The van der Waals surface area contributed by atoms with Gasteiger partial charge in [-0.25, -0.2) is 0 Å². The van der Waals surface area contributed by atoms with E-state index in [2.05, 4.69) is 24.0 Å². The molecule has 14 heavy (non-hydrogen) atoms. The van der Waals surface area contributed by atoms with E-state index in [1.54, 1.807) is 0 Å². The third kappa shape index (κ3) is 1.38. The molecule has 0 aliphatic rings. The topological polar surface area (TPSA) is 12.9 Å². The van der Waals surface area contributed by atoms with Crippen LogP contribution in [-0.2, 0) is 0 Å². The number of hydrogen-bond donors (Lipinski definition) is 0. The van der Waals surface area contributed by atoms with Gasteiger partial charge in [0, 0.05) is 11.1 Å². The standard InChI is InChI=1S/C12H12ClN/c1-7-4-5-10-11(6-7)14-9(3)8(2)12(10)13/h4-6H,1-3H3. The lowest BCUT2D eigenvalue weighted by atomic mass is 10.1. The fourth-order valence-corrected chi connectivity index (χ4v) is 1.84. The SMILES string of the molecule is Cc1ccc2c(Cl)c(C)c(C)nc2c1. The number of nitrogens with zero attached hydrogens (tertiary/aromatic N) is 1. The zero-order chi connectivity index (χ0) is 10.3. The van der Waals surface area contributed by atoms with Crippen LogP contribution in [-0.4, -0.2) is 4.98 Å². The summed E-state index contributed by atoms with van der Waals surface area (Å²) in [6, 6.07) is 6.16. The highest BCUT2D eigenvalue weighted by atomic mass is 35.5. The maximum Gasteiger partial charge on any atom is 0.0723 e. The van der Waals surface area contributed by atoms with Crippen LogP contribution in [0.15, 0.2) is 18.2 Å². The van der Waals surface area contributed by atoms with Crippen molar-refractivity contribution in [3.05, 3.63) is 40.0 Å². The van der Waals surface area contributed by atoms with Crippen molar-refractivity contribution in [1.82, 2.24) is 4.98 Å². The molecule has 0 aliphatic carbocycles. The Kier molecular flexibility index (Phi) is 2.20. The van der Waals surface area contributed by atoms with Crippen LogP contribution in [0.3, 0.4) is 0 Å². The highest BCUT2D eigenvalue weighted by molar-refractivity contribution is 6.36. The van der Waals surface area contributed by atoms with E-state index in [0.717, 1.165) is 27.2 Å². The van der Waals surface area contributed by atoms with Crippen LogP contribution in [0.25, 0.3) is 10.9 Å². The largest absolute Gasteiger partial charge is 0.253 e. The van der Waals surface area contributed by atoms with Gasteiger partial charge in [0.1, 0.15) is 0 Å². The van der Waals surface area contributed by atoms with E-state index in [-0.39, 0.29) is 0 Å². The summed E-state index contributed by atoms with van der Waals surface area (Å²) in [6.07, 6.45) is 0. The second kappa shape index (κ2) is 3.25. The number of rotatable bonds is 0. The fourth-order valence-electron chi connectivity index (χ4n) is 1.55. The van der Waals surface area contributed by atoms with E-state index >= 15 is 0 Å². The predicted molar refractivity (Wildman–Crippen MR) is 61.0 cm³/mol. The summed E-state index contributed by atoms with van der Waals surface area (Å²) in [4.78, 5) is 4.51. The van der Waals surface area contributed by atoms with E-state index in [1.807, 2.05) is 19.9 Å². The van der Waals surface area contributed by atoms with Gasteiger partial charge in [0.05, 0.1) is 10.5 Å². The van der Waals surface area contributed by atoms with Crippen molar-refractivity contribution in [2.75, 3.05) is 0 Å². The van der Waals surface area contributed by atoms with E-state index in [0.29, 0.717) is 0 Å². The molecule has 72 valence electrons. The Morgan fingerprint density at radius 3 is 2.57 bits per heavy atom. The van der Waals surface area contributed by atoms with Crippen LogP contribution in [0.1, 0.15) is 16.8 Å². The Labute approximate surface area is 88.7 Å². The zero-order valence-electron chi connectivity index (χ0n) is 8.56. The van der Waals surface area contributed by atoms with Gasteiger partial charge in [-0.05, 0) is 38.0 Å². The molecule has 0 saturated heterocycles. The van der Waals surface area contributed by atoms with Gasteiger partial charge < -0.3 is 0 Å². The Morgan fingerprint density at radius 1 is 1.14 bits per heavy atom. The van der Waals surface area contributed by atoms with Gasteiger partial charge in [0.25, 0.3) is 0 Å². The molecule has 0 amide bonds. The van der Waals surface area contributed by atoms with Crippen molar-refractivity contribution in [1.29, 1.82) is 0 Å². The summed E-state index contributed by atoms with van der Waals surface area (Å²) in [7, 11) is 0. The van der Waals surface area contributed by atoms with Gasteiger partial charge in [0.15, 0.2) is 0 Å². The molecule has 0 radical (unpaired) electrons. The van der Waals surface area contributed by atoms with Gasteiger partial charge in [-0.2, -0.15) is 0 Å². The van der Waals surface area contributed by atoms with Crippen molar-refractivity contribution in [2.24, 2.45) is 0 Å². The van der Waals surface area contributed by atoms with Crippen molar-refractivity contribution in [2.45, 2.75) is 20.8 Å². The Hall–Kier alpha value is -1.08. The predicted octanol–water partition coefficient (Wildman–Crippen LogP) is 3.81. The molecule has 0 unspecified atom stereocenters. The molecule has 0 aliphatic heterocycles. The van der Waals surface area contributed by atoms with Crippen molar-refractivity contribution >= 4 is 22.5 Å². The molecule has 0 fully saturated rings. The lowest BCUT2D eigenvalue weighted by Gasteiger charge is -2.07. The molecule has 0 N–H and O–H groups in total. The summed E-state index contributed by atoms with van der Waals surface area (Å²) < 4.78 is 0. The minimum absolute atomic E-state index is 0.826. The average Bonchev–Trinajstić information content (AvgIpc) is 2.14. The first-order chi connectivity index (χ1) is 6.59. The van der Waals surface area contributed by atoms with Crippen molar-refractivity contribution in [3.8, 4) is 0 Å². The minimum Gasteiger partial charge on any atom is -0.253 e. The van der Waals surface area contributed by atoms with Crippen LogP contribution in [0, 0.1) is 20.8 Å². The van der Waals surface area contributed by atoms with Gasteiger partial charge >= 0.3 is 0 Å². The molecular weight excluding hydrogens is 194 g/mol. The number of fused-ring (bicyclic) bond motifs is 1. The molecule has 0 saturated carbocycles. The monoisotopic (exact) mass is 205 g/mol. The van der Waals surface area contributed by atoms with Crippen LogP contribution in [0.2, 0.25) is 5.02 Å². The molecule has 1 heterocycles. The number of benzene rings is 1. The smallest absolute Gasteiger partial charge is 0.0723 e. The number of aromatic nitrogens is 1. The molecule has 1 aromatic heterocycles. The molecule has 1 nitrogen and oxygen atoms in total. The quantitative estimate of drug-likeness (QED) is 0.637. The van der Waals surface area contributed by atoms with Gasteiger partial charge in [-0.1, -0.05) is 23.7 Å². The molecule has 0 atom stereocenters. The van der Waals surface area contributed by atoms with Gasteiger partial charge in [-0.3, -0.25) is 4.98 Å². The van der Waals surface area contributed by atoms with E-state index in [4.69, 9.17) is 11.6 Å². The van der Waals surface area contributed by atoms with E-state index < -0.39 is 0 Å².